The van der Waals surface area contributed by atoms with Crippen molar-refractivity contribution in [2.45, 2.75) is 75.4 Å². The molecular weight excluding hydrogens is 580 g/mol. The summed E-state index contributed by atoms with van der Waals surface area (Å²) in [7, 11) is 0. The number of fused-ring (bicyclic) bond motifs is 3. The molecule has 3 atom stereocenters. The van der Waals surface area contributed by atoms with E-state index >= 15 is 0 Å². The van der Waals surface area contributed by atoms with Gasteiger partial charge in [0.1, 0.15) is 10.7 Å². The number of benzene rings is 2. The number of piperidine rings is 2. The van der Waals surface area contributed by atoms with Crippen LogP contribution in [0.4, 0.5) is 0 Å². The first-order chi connectivity index (χ1) is 19.5. The Kier molecular flexibility index (Phi) is 7.09. The minimum absolute atomic E-state index is 0.123. The number of amides is 1. The lowest BCUT2D eigenvalue weighted by atomic mass is 9.70. The molecule has 0 aliphatic carbocycles. The lowest BCUT2D eigenvalue weighted by Gasteiger charge is -2.45. The Bertz CT molecular complexity index is 1490. The van der Waals surface area contributed by atoms with Crippen molar-refractivity contribution in [3.63, 3.8) is 0 Å². The van der Waals surface area contributed by atoms with Gasteiger partial charge < -0.3 is 9.47 Å². The van der Waals surface area contributed by atoms with Crippen LogP contribution in [0.15, 0.2) is 70.5 Å². The molecule has 3 saturated heterocycles. The fourth-order valence-electron chi connectivity index (χ4n) is 7.99. The number of thiophene rings is 1. The van der Waals surface area contributed by atoms with Gasteiger partial charge in [-0.3, -0.25) is 9.69 Å². The molecule has 2 aromatic heterocycles. The summed E-state index contributed by atoms with van der Waals surface area (Å²) in [5, 5.41) is 1.99. The van der Waals surface area contributed by atoms with Crippen molar-refractivity contribution in [3.8, 4) is 0 Å². The molecule has 0 radical (unpaired) electrons. The number of aromatic nitrogens is 2. The molecule has 2 aromatic carbocycles. The van der Waals surface area contributed by atoms with Crippen molar-refractivity contribution in [2.75, 3.05) is 19.6 Å². The zero-order valence-electron chi connectivity index (χ0n) is 23.1. The number of likely N-dealkylation sites (tertiary alicyclic amines) is 1. The van der Waals surface area contributed by atoms with Crippen LogP contribution in [-0.4, -0.2) is 57.0 Å². The topological polar surface area (TPSA) is 41.4 Å². The Morgan fingerprint density at radius 3 is 2.38 bits per heavy atom. The van der Waals surface area contributed by atoms with Gasteiger partial charge in [0.2, 0.25) is 0 Å². The van der Waals surface area contributed by atoms with Crippen LogP contribution in [0.1, 0.15) is 72.0 Å². The molecule has 5 nitrogen and oxygen atoms in total. The largest absolute Gasteiger partial charge is 0.338 e. The maximum atomic E-state index is 13.3. The molecular formula is C33H37BrN4OS. The molecule has 3 fully saturated rings. The molecule has 4 aromatic rings. The van der Waals surface area contributed by atoms with E-state index in [1.165, 1.54) is 48.1 Å². The van der Waals surface area contributed by atoms with Crippen LogP contribution in [0, 0.1) is 6.92 Å². The average Bonchev–Trinajstić information content (AvgIpc) is 3.63. The first-order valence-corrected chi connectivity index (χ1v) is 16.5. The van der Waals surface area contributed by atoms with Gasteiger partial charge >= 0.3 is 0 Å². The van der Waals surface area contributed by atoms with Gasteiger partial charge in [0.25, 0.3) is 5.91 Å². The Labute approximate surface area is 249 Å². The Morgan fingerprint density at radius 2 is 1.68 bits per heavy atom. The normalized spacial score (nSPS) is 24.6. The van der Waals surface area contributed by atoms with Crippen LogP contribution < -0.4 is 0 Å². The summed E-state index contributed by atoms with van der Waals surface area (Å²) in [4.78, 5) is 23.9. The monoisotopic (exact) mass is 616 g/mol. The molecule has 0 spiro atoms. The van der Waals surface area contributed by atoms with Gasteiger partial charge in [0.15, 0.2) is 0 Å². The molecule has 0 saturated carbocycles. The predicted molar refractivity (Wildman–Crippen MR) is 166 cm³/mol. The summed E-state index contributed by atoms with van der Waals surface area (Å²) in [6.07, 6.45) is 8.26. The highest BCUT2D eigenvalue weighted by Gasteiger charge is 2.44. The molecule has 208 valence electrons. The van der Waals surface area contributed by atoms with Crippen LogP contribution >= 0.6 is 27.3 Å². The molecule has 1 amide bonds. The summed E-state index contributed by atoms with van der Waals surface area (Å²) < 4.78 is 3.45. The summed E-state index contributed by atoms with van der Waals surface area (Å²) >= 11 is 5.10. The summed E-state index contributed by atoms with van der Waals surface area (Å²) in [5.74, 6) is 1.32. The number of rotatable bonds is 6. The van der Waals surface area contributed by atoms with E-state index in [9.17, 15) is 4.79 Å². The molecule has 40 heavy (non-hydrogen) atoms. The SMILES string of the molecule is Cc1nc2ccccc2n1[C@H]1C[C@H]2CC[C@@H](C1)N2CCC1(c2ccccc2)CCN(C(=O)c2sccc2Br)CC1. The second kappa shape index (κ2) is 10.7. The van der Waals surface area contributed by atoms with E-state index in [0.717, 1.165) is 59.6 Å². The van der Waals surface area contributed by atoms with Gasteiger partial charge in [-0.05, 0) is 109 Å². The highest BCUT2D eigenvalue weighted by atomic mass is 79.9. The lowest BCUT2D eigenvalue weighted by Crippen LogP contribution is -2.49. The number of halogens is 1. The van der Waals surface area contributed by atoms with E-state index in [4.69, 9.17) is 4.98 Å². The van der Waals surface area contributed by atoms with Crippen molar-refractivity contribution >= 4 is 44.2 Å². The third-order valence-corrected chi connectivity index (χ3v) is 11.9. The minimum atomic E-state index is 0.123. The highest BCUT2D eigenvalue weighted by Crippen LogP contribution is 2.45. The number of para-hydroxylation sites is 2. The fraction of sp³-hybridized carbons (Fsp3) is 0.455. The molecule has 0 N–H and O–H groups in total. The van der Waals surface area contributed by atoms with Crippen molar-refractivity contribution in [2.24, 2.45) is 0 Å². The zero-order valence-corrected chi connectivity index (χ0v) is 25.5. The Balaban J connectivity index is 1.07. The van der Waals surface area contributed by atoms with E-state index in [2.05, 4.69) is 91.8 Å². The van der Waals surface area contributed by atoms with Gasteiger partial charge in [-0.1, -0.05) is 42.5 Å². The van der Waals surface area contributed by atoms with Crippen LogP contribution in [0.3, 0.4) is 0 Å². The van der Waals surface area contributed by atoms with Crippen LogP contribution in [0.25, 0.3) is 11.0 Å². The van der Waals surface area contributed by atoms with Crippen LogP contribution in [0.2, 0.25) is 0 Å². The number of hydrogen-bond acceptors (Lipinski definition) is 4. The summed E-state index contributed by atoms with van der Waals surface area (Å²) in [5.41, 5.74) is 3.98. The maximum absolute atomic E-state index is 13.3. The van der Waals surface area contributed by atoms with Crippen LogP contribution in [0.5, 0.6) is 0 Å². The molecule has 5 heterocycles. The molecule has 0 unspecified atom stereocenters. The predicted octanol–water partition coefficient (Wildman–Crippen LogP) is 7.60. The standard InChI is InChI=1S/C33H37BrN4OS/c1-23-35-29-9-5-6-10-30(29)38(23)27-21-25-11-12-26(22-27)37(25)19-16-33(24-7-3-2-4-8-24)14-17-36(18-15-33)32(39)31-28(34)13-20-40-31/h2-10,13,20,25-27H,11-12,14-19,21-22H2,1H3/t25-,26+,27+. The number of hydrogen-bond donors (Lipinski definition) is 0. The number of aryl methyl sites for hydroxylation is 1. The third-order valence-electron chi connectivity index (χ3n) is 10.1. The van der Waals surface area contributed by atoms with Gasteiger partial charge in [0, 0.05) is 35.7 Å². The van der Waals surface area contributed by atoms with Gasteiger partial charge in [-0.25, -0.2) is 4.98 Å². The number of carbonyl (C=O) groups is 1. The third kappa shape index (κ3) is 4.64. The van der Waals surface area contributed by atoms with Crippen molar-refractivity contribution in [1.82, 2.24) is 19.4 Å². The van der Waals surface area contributed by atoms with E-state index in [1.54, 1.807) is 0 Å². The summed E-state index contributed by atoms with van der Waals surface area (Å²) in [6, 6.07) is 23.6. The molecule has 3 aliphatic rings. The lowest BCUT2D eigenvalue weighted by molar-refractivity contribution is 0.0610. The van der Waals surface area contributed by atoms with E-state index in [-0.39, 0.29) is 11.3 Å². The number of carbonyl (C=O) groups excluding carboxylic acids is 1. The minimum Gasteiger partial charge on any atom is -0.338 e. The number of imidazole rings is 1. The second-order valence-corrected chi connectivity index (χ2v) is 13.8. The van der Waals surface area contributed by atoms with Crippen molar-refractivity contribution < 1.29 is 4.79 Å². The zero-order chi connectivity index (χ0) is 27.3. The first kappa shape index (κ1) is 26.4. The highest BCUT2D eigenvalue weighted by molar-refractivity contribution is 9.10. The second-order valence-electron chi connectivity index (χ2n) is 12.1. The van der Waals surface area contributed by atoms with Gasteiger partial charge in [-0.2, -0.15) is 0 Å². The average molecular weight is 618 g/mol. The molecule has 7 rings (SSSR count). The van der Waals surface area contributed by atoms with E-state index in [1.807, 2.05) is 11.4 Å². The smallest absolute Gasteiger partial charge is 0.265 e. The Morgan fingerprint density at radius 1 is 0.975 bits per heavy atom. The Hall–Kier alpha value is -2.48. The van der Waals surface area contributed by atoms with Crippen molar-refractivity contribution in [1.29, 1.82) is 0 Å². The first-order valence-electron chi connectivity index (χ1n) is 14.8. The molecule has 3 aliphatic heterocycles. The van der Waals surface area contributed by atoms with E-state index in [0.29, 0.717) is 18.1 Å². The molecule has 2 bridgehead atoms. The molecule has 7 heteroatoms. The van der Waals surface area contributed by atoms with E-state index < -0.39 is 0 Å². The quantitative estimate of drug-likeness (QED) is 0.224. The van der Waals surface area contributed by atoms with Gasteiger partial charge in [0.05, 0.1) is 11.0 Å². The van der Waals surface area contributed by atoms with Gasteiger partial charge in [-0.15, -0.1) is 11.3 Å². The fourth-order valence-corrected chi connectivity index (χ4v) is 9.50. The van der Waals surface area contributed by atoms with Crippen molar-refractivity contribution in [3.05, 3.63) is 86.8 Å². The number of nitrogens with zero attached hydrogens (tertiary/aromatic N) is 4. The maximum Gasteiger partial charge on any atom is 0.265 e. The van der Waals surface area contributed by atoms with Crippen LogP contribution in [-0.2, 0) is 5.41 Å². The summed E-state index contributed by atoms with van der Waals surface area (Å²) in [6.45, 7) is 4.96.